The van der Waals surface area contributed by atoms with Crippen LogP contribution in [0.5, 0.6) is 0 Å². The van der Waals surface area contributed by atoms with Gasteiger partial charge in [0.2, 0.25) is 17.7 Å². The quantitative estimate of drug-likeness (QED) is 0.0903. The number of primary amides is 2. The van der Waals surface area contributed by atoms with Crippen LogP contribution in [-0.4, -0.2) is 90.8 Å². The lowest BCUT2D eigenvalue weighted by atomic mass is 9.97. The molecule has 5 amide bonds. The van der Waals surface area contributed by atoms with Crippen molar-refractivity contribution < 1.29 is 33.9 Å². The Morgan fingerprint density at radius 1 is 0.676 bits per heavy atom. The van der Waals surface area contributed by atoms with E-state index in [0.717, 1.165) is 37.1 Å². The molecule has 372 valence electrons. The summed E-state index contributed by atoms with van der Waals surface area (Å²) in [4.78, 5) is 107. The van der Waals surface area contributed by atoms with Gasteiger partial charge in [-0.15, -0.1) is 0 Å². The number of aryl methyl sites for hydroxylation is 2. The van der Waals surface area contributed by atoms with Crippen molar-refractivity contribution in [1.82, 2.24) is 40.0 Å². The predicted molar refractivity (Wildman–Crippen MR) is 267 cm³/mol. The molecule has 6 heterocycles. The monoisotopic (exact) mass is 1010 g/mol. The molecule has 2 unspecified atom stereocenters. The van der Waals surface area contributed by atoms with E-state index in [4.69, 9.17) is 39.8 Å². The molecule has 8 rings (SSSR count). The van der Waals surface area contributed by atoms with Crippen LogP contribution in [-0.2, 0) is 45.4 Å². The number of carbonyl (C=O) groups excluding carboxylic acids is 5. The van der Waals surface area contributed by atoms with Crippen LogP contribution in [0.2, 0.25) is 10.0 Å². The molecule has 2 saturated heterocycles. The number of amides is 5. The molecule has 8 N–H and O–H groups in total. The second-order valence-corrected chi connectivity index (χ2v) is 17.8. The lowest BCUT2D eigenvalue weighted by Crippen LogP contribution is -2.44. The molecule has 21 heteroatoms. The van der Waals surface area contributed by atoms with Crippen LogP contribution in [0.15, 0.2) is 107 Å². The molecule has 0 spiro atoms. The maximum absolute atomic E-state index is 13.3. The minimum absolute atomic E-state index is 0.0290. The lowest BCUT2D eigenvalue weighted by molar-refractivity contribution is -0.137. The molecule has 2 aliphatic heterocycles. The van der Waals surface area contributed by atoms with Crippen molar-refractivity contribution in [2.45, 2.75) is 64.7 Å². The van der Waals surface area contributed by atoms with Crippen molar-refractivity contribution in [2.24, 2.45) is 23.3 Å². The second-order valence-electron chi connectivity index (χ2n) is 16.9. The van der Waals surface area contributed by atoms with Crippen LogP contribution in [0.1, 0.15) is 70.4 Å². The van der Waals surface area contributed by atoms with Gasteiger partial charge in [-0.3, -0.25) is 47.5 Å². The highest BCUT2D eigenvalue weighted by molar-refractivity contribution is 6.30. The van der Waals surface area contributed by atoms with Gasteiger partial charge in [0.15, 0.2) is 0 Å². The Balaban J connectivity index is 0.000000202. The molecular formula is C50H54Cl2N10O9. The van der Waals surface area contributed by atoms with E-state index in [1.807, 2.05) is 0 Å². The summed E-state index contributed by atoms with van der Waals surface area (Å²) >= 11 is 11.7. The number of rotatable bonds is 14. The number of hydrogen-bond donors (Lipinski definition) is 6. The number of aliphatic carboxylic acids is 1. The molecular weight excluding hydrogens is 956 g/mol. The zero-order valence-electron chi connectivity index (χ0n) is 38.7. The highest BCUT2D eigenvalue weighted by Gasteiger charge is 2.27. The van der Waals surface area contributed by atoms with Crippen molar-refractivity contribution in [1.29, 1.82) is 0 Å². The molecule has 2 aliphatic rings. The average Bonchev–Trinajstić information content (AvgIpc) is 3.37. The van der Waals surface area contributed by atoms with Gasteiger partial charge in [0, 0.05) is 85.4 Å². The number of aromatic nitrogens is 4. The lowest BCUT2D eigenvalue weighted by Gasteiger charge is -2.31. The van der Waals surface area contributed by atoms with E-state index in [1.165, 1.54) is 27.5 Å². The minimum atomic E-state index is -1.04. The number of carboxylic acid groups (broad SMARTS) is 1. The maximum atomic E-state index is 13.3. The van der Waals surface area contributed by atoms with Crippen molar-refractivity contribution in [2.75, 3.05) is 26.2 Å². The molecule has 0 saturated carbocycles. The smallest absolute Gasteiger partial charge is 0.305 e. The first-order valence-electron chi connectivity index (χ1n) is 22.9. The van der Waals surface area contributed by atoms with Gasteiger partial charge in [-0.25, -0.2) is 9.97 Å². The Morgan fingerprint density at radius 2 is 1.15 bits per heavy atom. The van der Waals surface area contributed by atoms with Gasteiger partial charge in [-0.05, 0) is 104 Å². The fraction of sp³-hybridized carbons (Fsp3) is 0.320. The number of carboxylic acids is 1. The van der Waals surface area contributed by atoms with E-state index < -0.39 is 34.8 Å². The molecule has 19 nitrogen and oxygen atoms in total. The molecule has 2 fully saturated rings. The number of nitrogens with one attached hydrogen (secondary N) is 3. The topological polar surface area (TPSA) is 284 Å². The molecule has 0 aliphatic carbocycles. The van der Waals surface area contributed by atoms with Crippen molar-refractivity contribution in [3.05, 3.63) is 150 Å². The summed E-state index contributed by atoms with van der Waals surface area (Å²) in [6.07, 6.45) is 6.26. The van der Waals surface area contributed by atoms with Crippen molar-refractivity contribution in [3.63, 3.8) is 0 Å². The number of halogens is 2. The zero-order chi connectivity index (χ0) is 51.0. The standard InChI is InChI=1S/C25H26ClN5O4.C19H16ClN3O4.C6H12N2O/c26-19-7-5-16(6-8-19)14-29-24(34)20-13-17-3-1-10-28-23(17)31(25(20)35)12-9-21(32)30-11-2-4-18(15-30)22(27)33;20-14-5-3-12(4-6-14)11-22-18(26)15-10-13-2-1-8-21-17(13)23(19(15)27)9-7-16(24)25;7-6(9)5-2-1-3-8-4-5/h1,3,5-8,10,13,18H,2,4,9,11-12,14-15H2,(H2,27,33)(H,29,34);1-6,8,10H,7,9,11H2,(H,22,26)(H,24,25);5,8H,1-4H2,(H2,7,9). The van der Waals surface area contributed by atoms with Crippen molar-refractivity contribution >= 4 is 80.8 Å². The SMILES string of the molecule is NC(=O)C1CCCN(C(=O)CCn2c(=O)c(C(=O)NCc3ccc(Cl)cc3)cc3cccnc32)C1.NC(=O)C1CCCNC1.O=C(O)CCn1c(=O)c(C(=O)NCc2ccc(Cl)cc2)cc2cccnc21. The third kappa shape index (κ3) is 14.8. The van der Waals surface area contributed by atoms with Gasteiger partial charge >= 0.3 is 5.97 Å². The average molecular weight is 1010 g/mol. The Kier molecular flexibility index (Phi) is 18.9. The molecule has 6 aromatic rings. The van der Waals surface area contributed by atoms with Gasteiger partial charge in [0.05, 0.1) is 18.3 Å². The van der Waals surface area contributed by atoms with Gasteiger partial charge in [0.25, 0.3) is 22.9 Å². The number of piperidine rings is 2. The maximum Gasteiger partial charge on any atom is 0.305 e. The number of pyridine rings is 4. The Bertz CT molecular complexity index is 3010. The minimum Gasteiger partial charge on any atom is -0.481 e. The first-order valence-corrected chi connectivity index (χ1v) is 23.7. The Hall–Kier alpha value is -7.48. The summed E-state index contributed by atoms with van der Waals surface area (Å²) in [5, 5.41) is 19.9. The highest BCUT2D eigenvalue weighted by Crippen LogP contribution is 2.19. The van der Waals surface area contributed by atoms with Gasteiger partial charge in [-0.2, -0.15) is 0 Å². The largest absolute Gasteiger partial charge is 0.481 e. The number of fused-ring (bicyclic) bond motifs is 2. The Labute approximate surface area is 417 Å². The third-order valence-electron chi connectivity index (χ3n) is 11.9. The van der Waals surface area contributed by atoms with Crippen LogP contribution < -0.4 is 38.5 Å². The van der Waals surface area contributed by atoms with Crippen LogP contribution in [0.3, 0.4) is 0 Å². The summed E-state index contributed by atoms with van der Waals surface area (Å²) in [7, 11) is 0. The molecule has 2 atom stereocenters. The fourth-order valence-corrected chi connectivity index (χ4v) is 8.27. The summed E-state index contributed by atoms with van der Waals surface area (Å²) in [5.74, 6) is -3.12. The molecule has 4 aromatic heterocycles. The predicted octanol–water partition coefficient (Wildman–Crippen LogP) is 4.02. The summed E-state index contributed by atoms with van der Waals surface area (Å²) < 4.78 is 2.58. The van der Waals surface area contributed by atoms with Crippen LogP contribution in [0, 0.1) is 11.8 Å². The van der Waals surface area contributed by atoms with Crippen LogP contribution in [0.4, 0.5) is 0 Å². The first-order chi connectivity index (χ1) is 34.1. The number of nitrogens with zero attached hydrogens (tertiary/aromatic N) is 5. The molecule has 0 radical (unpaired) electrons. The molecule has 71 heavy (non-hydrogen) atoms. The van der Waals surface area contributed by atoms with Gasteiger partial charge in [0.1, 0.15) is 22.4 Å². The third-order valence-corrected chi connectivity index (χ3v) is 12.4. The summed E-state index contributed by atoms with van der Waals surface area (Å²) in [6, 6.07) is 23.9. The van der Waals surface area contributed by atoms with Gasteiger partial charge < -0.3 is 37.4 Å². The number of hydrogen-bond acceptors (Lipinski definition) is 11. The molecule has 2 aromatic carbocycles. The van der Waals surface area contributed by atoms with Crippen LogP contribution in [0.25, 0.3) is 22.1 Å². The van der Waals surface area contributed by atoms with Crippen LogP contribution >= 0.6 is 23.2 Å². The Morgan fingerprint density at radius 3 is 1.59 bits per heavy atom. The fourth-order valence-electron chi connectivity index (χ4n) is 8.02. The number of carbonyl (C=O) groups is 6. The van der Waals surface area contributed by atoms with E-state index in [9.17, 15) is 38.4 Å². The van der Waals surface area contributed by atoms with E-state index >= 15 is 0 Å². The van der Waals surface area contributed by atoms with Gasteiger partial charge in [-0.1, -0.05) is 47.5 Å². The van der Waals surface area contributed by atoms with E-state index in [2.05, 4.69) is 25.9 Å². The molecule has 0 bridgehead atoms. The number of benzene rings is 2. The van der Waals surface area contributed by atoms with Crippen molar-refractivity contribution in [3.8, 4) is 0 Å². The first kappa shape index (κ1) is 52.9. The second kappa shape index (κ2) is 25.4. The zero-order valence-corrected chi connectivity index (χ0v) is 40.2. The van der Waals surface area contributed by atoms with E-state index in [-0.39, 0.29) is 80.3 Å². The number of nitrogens with two attached hydrogens (primary N) is 2. The summed E-state index contributed by atoms with van der Waals surface area (Å²) in [5.41, 5.74) is 11.7. The van der Waals surface area contributed by atoms with E-state index in [1.54, 1.807) is 83.9 Å². The normalized spacial score (nSPS) is 15.3. The van der Waals surface area contributed by atoms with E-state index in [0.29, 0.717) is 51.5 Å². The highest BCUT2D eigenvalue weighted by atomic mass is 35.5. The summed E-state index contributed by atoms with van der Waals surface area (Å²) in [6.45, 7) is 3.09. The number of likely N-dealkylation sites (tertiary alicyclic amines) is 1.